The molecule has 13 heavy (non-hydrogen) atoms. The minimum Gasteiger partial charge on any atom is -0.226 e. The van der Waals surface area contributed by atoms with Crippen molar-refractivity contribution in [1.29, 1.82) is 0 Å². The van der Waals surface area contributed by atoms with Crippen LogP contribution in [-0.2, 0) is 12.6 Å². The van der Waals surface area contributed by atoms with E-state index in [1.54, 1.807) is 6.92 Å². The lowest BCUT2D eigenvalue weighted by atomic mass is 10.2. The Balaban J connectivity index is 3.24. The molecule has 0 radical (unpaired) electrons. The van der Waals surface area contributed by atoms with Crippen molar-refractivity contribution in [2.75, 3.05) is 0 Å². The van der Waals surface area contributed by atoms with Crippen molar-refractivity contribution in [3.05, 3.63) is 22.7 Å². The average molecular weight is 211 g/mol. The lowest BCUT2D eigenvalue weighted by molar-refractivity contribution is -0.141. The van der Waals surface area contributed by atoms with Gasteiger partial charge >= 0.3 is 6.18 Å². The predicted molar refractivity (Wildman–Crippen MR) is 41.4 cm³/mol. The van der Waals surface area contributed by atoms with Crippen LogP contribution >= 0.6 is 11.6 Å². The first-order valence-electron chi connectivity index (χ1n) is 3.53. The van der Waals surface area contributed by atoms with Crippen molar-refractivity contribution < 1.29 is 13.2 Å². The summed E-state index contributed by atoms with van der Waals surface area (Å²) in [5.41, 5.74) is -0.896. The topological polar surface area (TPSA) is 25.8 Å². The summed E-state index contributed by atoms with van der Waals surface area (Å²) in [6.45, 7) is 1.60. The molecule has 0 saturated heterocycles. The van der Waals surface area contributed by atoms with Gasteiger partial charge in [0, 0.05) is 11.8 Å². The highest BCUT2D eigenvalue weighted by molar-refractivity contribution is 6.28. The first kappa shape index (κ1) is 10.2. The zero-order valence-electron chi connectivity index (χ0n) is 6.69. The highest BCUT2D eigenvalue weighted by Gasteiger charge is 2.35. The Morgan fingerprint density at radius 1 is 1.46 bits per heavy atom. The summed E-state index contributed by atoms with van der Waals surface area (Å²) in [4.78, 5) is 6.62. The fraction of sp³-hybridized carbons (Fsp3) is 0.429. The van der Waals surface area contributed by atoms with Crippen molar-refractivity contribution in [2.24, 2.45) is 0 Å². The molecule has 0 fully saturated rings. The second kappa shape index (κ2) is 3.49. The Kier molecular flexibility index (Phi) is 2.75. The molecule has 1 aromatic rings. The number of rotatable bonds is 1. The van der Waals surface area contributed by atoms with E-state index in [0.29, 0.717) is 0 Å². The lowest BCUT2D eigenvalue weighted by Crippen LogP contribution is -2.12. The first-order chi connectivity index (χ1) is 5.95. The number of hydrogen-bond donors (Lipinski definition) is 0. The van der Waals surface area contributed by atoms with Crippen LogP contribution in [-0.4, -0.2) is 9.97 Å². The van der Waals surface area contributed by atoms with Gasteiger partial charge < -0.3 is 0 Å². The molecular formula is C7H6ClF3N2. The number of aryl methyl sites for hydroxylation is 1. The standard InChI is InChI=1S/C7H6ClF3N2/c1-2-4-3-12-6(8)13-5(4)7(9,10)11/h3H,2H2,1H3. The van der Waals surface area contributed by atoms with E-state index in [-0.39, 0.29) is 17.3 Å². The van der Waals surface area contributed by atoms with Gasteiger partial charge in [-0.2, -0.15) is 13.2 Å². The summed E-state index contributed by atoms with van der Waals surface area (Å²) in [5, 5.41) is -0.385. The molecule has 1 rings (SSSR count). The van der Waals surface area contributed by atoms with Gasteiger partial charge in [0.25, 0.3) is 0 Å². The molecule has 0 N–H and O–H groups in total. The Labute approximate surface area is 77.8 Å². The van der Waals surface area contributed by atoms with E-state index in [0.717, 1.165) is 6.20 Å². The minimum absolute atomic E-state index is 0.0527. The van der Waals surface area contributed by atoms with E-state index < -0.39 is 11.9 Å². The Morgan fingerprint density at radius 2 is 2.08 bits per heavy atom. The third-order valence-electron chi connectivity index (χ3n) is 1.48. The molecule has 1 heterocycles. The summed E-state index contributed by atoms with van der Waals surface area (Å²) >= 11 is 5.26. The van der Waals surface area contributed by atoms with Gasteiger partial charge in [-0.3, -0.25) is 0 Å². The maximum Gasteiger partial charge on any atom is 0.433 e. The number of aromatic nitrogens is 2. The second-order valence-corrected chi connectivity index (χ2v) is 2.70. The highest BCUT2D eigenvalue weighted by atomic mass is 35.5. The van der Waals surface area contributed by atoms with E-state index in [1.165, 1.54) is 0 Å². The molecule has 0 atom stereocenters. The maximum absolute atomic E-state index is 12.3. The van der Waals surface area contributed by atoms with Crippen LogP contribution in [0.25, 0.3) is 0 Å². The quantitative estimate of drug-likeness (QED) is 0.666. The zero-order valence-corrected chi connectivity index (χ0v) is 7.45. The molecule has 72 valence electrons. The van der Waals surface area contributed by atoms with Crippen LogP contribution in [0.5, 0.6) is 0 Å². The van der Waals surface area contributed by atoms with Crippen molar-refractivity contribution in [3.8, 4) is 0 Å². The van der Waals surface area contributed by atoms with Crippen LogP contribution in [0.3, 0.4) is 0 Å². The molecule has 6 heteroatoms. The molecular weight excluding hydrogens is 205 g/mol. The van der Waals surface area contributed by atoms with Crippen LogP contribution in [0.1, 0.15) is 18.2 Å². The van der Waals surface area contributed by atoms with E-state index >= 15 is 0 Å². The smallest absolute Gasteiger partial charge is 0.226 e. The number of hydrogen-bond acceptors (Lipinski definition) is 2. The molecule has 0 saturated carbocycles. The molecule has 0 unspecified atom stereocenters. The van der Waals surface area contributed by atoms with Crippen LogP contribution in [0, 0.1) is 0 Å². The fourth-order valence-corrected chi connectivity index (χ4v) is 1.02. The fourth-order valence-electron chi connectivity index (χ4n) is 0.889. The van der Waals surface area contributed by atoms with Crippen molar-refractivity contribution in [1.82, 2.24) is 9.97 Å². The van der Waals surface area contributed by atoms with E-state index in [1.807, 2.05) is 0 Å². The van der Waals surface area contributed by atoms with Crippen LogP contribution in [0.2, 0.25) is 5.28 Å². The molecule has 2 nitrogen and oxygen atoms in total. The zero-order chi connectivity index (χ0) is 10.1. The van der Waals surface area contributed by atoms with Crippen LogP contribution in [0.4, 0.5) is 13.2 Å². The molecule has 0 aliphatic heterocycles. The lowest BCUT2D eigenvalue weighted by Gasteiger charge is -2.09. The summed E-state index contributed by atoms with van der Waals surface area (Å²) in [6, 6.07) is 0. The van der Waals surface area contributed by atoms with Crippen LogP contribution in [0.15, 0.2) is 6.20 Å². The summed E-state index contributed by atoms with van der Waals surface area (Å²) in [6.07, 6.45) is -3.14. The van der Waals surface area contributed by atoms with Crippen molar-refractivity contribution >= 4 is 11.6 Å². The number of nitrogens with zero attached hydrogens (tertiary/aromatic N) is 2. The van der Waals surface area contributed by atoms with E-state index in [2.05, 4.69) is 9.97 Å². The van der Waals surface area contributed by atoms with E-state index in [4.69, 9.17) is 11.6 Å². The predicted octanol–water partition coefficient (Wildman–Crippen LogP) is 2.71. The van der Waals surface area contributed by atoms with Crippen molar-refractivity contribution in [2.45, 2.75) is 19.5 Å². The van der Waals surface area contributed by atoms with Gasteiger partial charge in [0.15, 0.2) is 5.69 Å². The largest absolute Gasteiger partial charge is 0.433 e. The average Bonchev–Trinajstić information content (AvgIpc) is 2.03. The number of halogens is 4. The van der Waals surface area contributed by atoms with Crippen molar-refractivity contribution in [3.63, 3.8) is 0 Å². The summed E-state index contributed by atoms with van der Waals surface area (Å²) in [7, 11) is 0. The van der Waals surface area contributed by atoms with Gasteiger partial charge in [-0.1, -0.05) is 6.92 Å². The third-order valence-corrected chi connectivity index (χ3v) is 1.67. The molecule has 0 spiro atoms. The Morgan fingerprint density at radius 3 is 2.54 bits per heavy atom. The van der Waals surface area contributed by atoms with Crippen LogP contribution < -0.4 is 0 Å². The molecule has 0 aliphatic carbocycles. The number of alkyl halides is 3. The van der Waals surface area contributed by atoms with Gasteiger partial charge in [0.05, 0.1) is 0 Å². The molecule has 1 aromatic heterocycles. The Bertz CT molecular complexity index is 311. The van der Waals surface area contributed by atoms with E-state index in [9.17, 15) is 13.2 Å². The molecule has 0 bridgehead atoms. The SMILES string of the molecule is CCc1cnc(Cl)nc1C(F)(F)F. The molecule has 0 aromatic carbocycles. The van der Waals surface area contributed by atoms with Gasteiger partial charge in [-0.25, -0.2) is 9.97 Å². The summed E-state index contributed by atoms with van der Waals surface area (Å²) in [5.74, 6) is 0. The third kappa shape index (κ3) is 2.30. The first-order valence-corrected chi connectivity index (χ1v) is 3.91. The monoisotopic (exact) mass is 210 g/mol. The highest BCUT2D eigenvalue weighted by Crippen LogP contribution is 2.30. The molecule has 0 aliphatic rings. The van der Waals surface area contributed by atoms with Gasteiger partial charge in [0.1, 0.15) is 0 Å². The second-order valence-electron chi connectivity index (χ2n) is 2.36. The van der Waals surface area contributed by atoms with Gasteiger partial charge in [0.2, 0.25) is 5.28 Å². The summed E-state index contributed by atoms with van der Waals surface area (Å²) < 4.78 is 36.8. The Hall–Kier alpha value is -0.840. The maximum atomic E-state index is 12.3. The normalized spacial score (nSPS) is 11.8. The molecule has 0 amide bonds. The van der Waals surface area contributed by atoms with Gasteiger partial charge in [-0.15, -0.1) is 0 Å². The van der Waals surface area contributed by atoms with Gasteiger partial charge in [-0.05, 0) is 18.0 Å². The minimum atomic E-state index is -4.46.